The second-order valence-electron chi connectivity index (χ2n) is 6.74. The molecule has 2 fully saturated rings. The Hall–Kier alpha value is -2.15. The van der Waals surface area contributed by atoms with E-state index in [4.69, 9.17) is 4.74 Å². The normalized spacial score (nSPS) is 19.1. The summed E-state index contributed by atoms with van der Waals surface area (Å²) in [6.07, 6.45) is 5.06. The van der Waals surface area contributed by atoms with Gasteiger partial charge in [0.25, 0.3) is 11.6 Å². The van der Waals surface area contributed by atoms with Crippen molar-refractivity contribution >= 4 is 17.3 Å². The second kappa shape index (κ2) is 7.82. The summed E-state index contributed by atoms with van der Waals surface area (Å²) >= 11 is 0. The smallest absolute Gasteiger partial charge is 0.293 e. The van der Waals surface area contributed by atoms with Crippen LogP contribution in [0, 0.1) is 10.1 Å². The lowest BCUT2D eigenvalue weighted by molar-refractivity contribution is -0.384. The number of ether oxygens (including phenoxy) is 1. The van der Waals surface area contributed by atoms with Crippen LogP contribution in [0.25, 0.3) is 0 Å². The van der Waals surface area contributed by atoms with Crippen molar-refractivity contribution in [1.29, 1.82) is 0 Å². The molecule has 2 aliphatic rings. The van der Waals surface area contributed by atoms with E-state index in [2.05, 4.69) is 4.90 Å². The Morgan fingerprint density at radius 1 is 1.16 bits per heavy atom. The van der Waals surface area contributed by atoms with Gasteiger partial charge in [-0.25, -0.2) is 0 Å². The number of carbonyl (C=O) groups excluding carboxylic acids is 1. The number of benzene rings is 1. The first-order valence-corrected chi connectivity index (χ1v) is 8.95. The zero-order chi connectivity index (χ0) is 17.8. The Morgan fingerprint density at radius 2 is 1.84 bits per heavy atom. The topological polar surface area (TPSA) is 75.9 Å². The SMILES string of the molecule is COC1CCN(C(=O)c2ccc(N3CCCCC3)c([N+](=O)[O-])c2)CC1. The zero-order valence-corrected chi connectivity index (χ0v) is 14.6. The van der Waals surface area contributed by atoms with E-state index in [0.717, 1.165) is 45.2 Å². The monoisotopic (exact) mass is 347 g/mol. The summed E-state index contributed by atoms with van der Waals surface area (Å²) in [5.41, 5.74) is 1.04. The minimum absolute atomic E-state index is 0.0273. The first kappa shape index (κ1) is 17.7. The standard InChI is InChI=1S/C18H25N3O4/c1-25-15-7-11-20(12-8-15)18(22)14-5-6-16(17(13-14)21(23)24)19-9-3-2-4-10-19/h5-6,13,15H,2-4,7-12H2,1H3. The maximum Gasteiger partial charge on any atom is 0.293 e. The molecule has 0 radical (unpaired) electrons. The number of hydrogen-bond acceptors (Lipinski definition) is 5. The molecule has 0 bridgehead atoms. The van der Waals surface area contributed by atoms with Gasteiger partial charge in [0.2, 0.25) is 0 Å². The fourth-order valence-corrected chi connectivity index (χ4v) is 3.68. The Labute approximate surface area is 147 Å². The molecule has 136 valence electrons. The summed E-state index contributed by atoms with van der Waals surface area (Å²) in [6.45, 7) is 2.91. The molecule has 0 saturated carbocycles. The van der Waals surface area contributed by atoms with Crippen molar-refractivity contribution in [2.45, 2.75) is 38.2 Å². The van der Waals surface area contributed by atoms with Crippen molar-refractivity contribution in [3.05, 3.63) is 33.9 Å². The van der Waals surface area contributed by atoms with Gasteiger partial charge in [0.1, 0.15) is 5.69 Å². The quantitative estimate of drug-likeness (QED) is 0.618. The lowest BCUT2D eigenvalue weighted by atomic mass is 10.0. The van der Waals surface area contributed by atoms with Gasteiger partial charge in [0.05, 0.1) is 11.0 Å². The van der Waals surface area contributed by atoms with Crippen LogP contribution in [0.2, 0.25) is 0 Å². The first-order chi connectivity index (χ1) is 12.1. The predicted octanol–water partition coefficient (Wildman–Crippen LogP) is 2.84. The number of carbonyl (C=O) groups is 1. The van der Waals surface area contributed by atoms with Gasteiger partial charge < -0.3 is 14.5 Å². The number of nitro benzene ring substituents is 1. The molecule has 2 heterocycles. The number of nitrogens with zero attached hydrogens (tertiary/aromatic N) is 3. The molecule has 25 heavy (non-hydrogen) atoms. The number of likely N-dealkylation sites (tertiary alicyclic amines) is 1. The predicted molar refractivity (Wildman–Crippen MR) is 95.1 cm³/mol. The molecule has 0 atom stereocenters. The molecule has 0 unspecified atom stereocenters. The van der Waals surface area contributed by atoms with Crippen LogP contribution < -0.4 is 4.90 Å². The average Bonchev–Trinajstić information content (AvgIpc) is 2.67. The summed E-state index contributed by atoms with van der Waals surface area (Å²) in [5.74, 6) is -0.136. The molecule has 1 aromatic carbocycles. The maximum absolute atomic E-state index is 12.7. The zero-order valence-electron chi connectivity index (χ0n) is 14.6. The lowest BCUT2D eigenvalue weighted by Gasteiger charge is -2.31. The fourth-order valence-electron chi connectivity index (χ4n) is 3.68. The van der Waals surface area contributed by atoms with E-state index in [1.165, 1.54) is 6.07 Å². The molecule has 1 aromatic rings. The summed E-state index contributed by atoms with van der Waals surface area (Å²) in [6, 6.07) is 4.90. The molecule has 2 saturated heterocycles. The van der Waals surface area contributed by atoms with Crippen LogP contribution in [-0.2, 0) is 4.74 Å². The third-order valence-corrected chi connectivity index (χ3v) is 5.18. The van der Waals surface area contributed by atoms with Crippen LogP contribution in [0.3, 0.4) is 0 Å². The molecule has 0 aromatic heterocycles. The average molecular weight is 347 g/mol. The number of nitro groups is 1. The first-order valence-electron chi connectivity index (χ1n) is 8.95. The van der Waals surface area contributed by atoms with Crippen LogP contribution in [0.15, 0.2) is 18.2 Å². The lowest BCUT2D eigenvalue weighted by Crippen LogP contribution is -2.40. The van der Waals surface area contributed by atoms with Crippen molar-refractivity contribution in [1.82, 2.24) is 4.90 Å². The van der Waals surface area contributed by atoms with Crippen LogP contribution in [0.1, 0.15) is 42.5 Å². The van der Waals surface area contributed by atoms with Crippen molar-refractivity contribution < 1.29 is 14.5 Å². The van der Waals surface area contributed by atoms with Crippen LogP contribution >= 0.6 is 0 Å². The number of hydrogen-bond donors (Lipinski definition) is 0. The third-order valence-electron chi connectivity index (χ3n) is 5.18. The number of amides is 1. The van der Waals surface area contributed by atoms with E-state index < -0.39 is 0 Å². The fraction of sp³-hybridized carbons (Fsp3) is 0.611. The number of piperidine rings is 2. The third kappa shape index (κ3) is 3.92. The van der Waals surface area contributed by atoms with E-state index in [-0.39, 0.29) is 22.6 Å². The molecular weight excluding hydrogens is 322 g/mol. The largest absolute Gasteiger partial charge is 0.381 e. The highest BCUT2D eigenvalue weighted by Crippen LogP contribution is 2.32. The highest BCUT2D eigenvalue weighted by atomic mass is 16.6. The van der Waals surface area contributed by atoms with Gasteiger partial charge in [-0.05, 0) is 44.2 Å². The van der Waals surface area contributed by atoms with Crippen molar-refractivity contribution in [2.75, 3.05) is 38.2 Å². The van der Waals surface area contributed by atoms with E-state index in [9.17, 15) is 14.9 Å². The van der Waals surface area contributed by atoms with Crippen molar-refractivity contribution in [3.63, 3.8) is 0 Å². The molecule has 7 nitrogen and oxygen atoms in total. The van der Waals surface area contributed by atoms with E-state index in [1.54, 1.807) is 24.1 Å². The van der Waals surface area contributed by atoms with Gasteiger partial charge in [-0.2, -0.15) is 0 Å². The molecule has 0 spiro atoms. The maximum atomic E-state index is 12.7. The van der Waals surface area contributed by atoms with Gasteiger partial charge >= 0.3 is 0 Å². The van der Waals surface area contributed by atoms with Gasteiger partial charge in [0.15, 0.2) is 0 Å². The van der Waals surface area contributed by atoms with E-state index in [1.807, 2.05) is 0 Å². The van der Waals surface area contributed by atoms with E-state index in [0.29, 0.717) is 24.3 Å². The Balaban J connectivity index is 1.79. The Kier molecular flexibility index (Phi) is 5.53. The van der Waals surface area contributed by atoms with Gasteiger partial charge in [-0.3, -0.25) is 14.9 Å². The van der Waals surface area contributed by atoms with E-state index >= 15 is 0 Å². The highest BCUT2D eigenvalue weighted by molar-refractivity contribution is 5.96. The number of methoxy groups -OCH3 is 1. The van der Waals surface area contributed by atoms with Crippen molar-refractivity contribution in [2.24, 2.45) is 0 Å². The molecule has 0 N–H and O–H groups in total. The minimum atomic E-state index is -0.377. The number of rotatable bonds is 4. The van der Waals surface area contributed by atoms with Gasteiger partial charge in [-0.1, -0.05) is 0 Å². The minimum Gasteiger partial charge on any atom is -0.381 e. The summed E-state index contributed by atoms with van der Waals surface area (Å²) in [5, 5.41) is 11.5. The van der Waals surface area contributed by atoms with Crippen LogP contribution in [0.4, 0.5) is 11.4 Å². The van der Waals surface area contributed by atoms with Crippen molar-refractivity contribution in [3.8, 4) is 0 Å². The molecule has 2 aliphatic heterocycles. The van der Waals surface area contributed by atoms with Crippen LogP contribution in [0.5, 0.6) is 0 Å². The molecule has 3 rings (SSSR count). The summed E-state index contributed by atoms with van der Waals surface area (Å²) < 4.78 is 5.33. The Bertz CT molecular complexity index is 635. The summed E-state index contributed by atoms with van der Waals surface area (Å²) in [4.78, 5) is 27.7. The Morgan fingerprint density at radius 3 is 2.44 bits per heavy atom. The van der Waals surface area contributed by atoms with Gasteiger partial charge in [-0.15, -0.1) is 0 Å². The van der Waals surface area contributed by atoms with Gasteiger partial charge in [0, 0.05) is 44.9 Å². The van der Waals surface area contributed by atoms with Crippen LogP contribution in [-0.4, -0.2) is 55.1 Å². The number of anilines is 1. The molecule has 1 amide bonds. The molecule has 0 aliphatic carbocycles. The highest BCUT2D eigenvalue weighted by Gasteiger charge is 2.27. The molecular formula is C18H25N3O4. The molecule has 7 heteroatoms. The summed E-state index contributed by atoms with van der Waals surface area (Å²) in [7, 11) is 1.69. The second-order valence-corrected chi connectivity index (χ2v) is 6.74.